The van der Waals surface area contributed by atoms with Crippen molar-refractivity contribution >= 4 is 10.2 Å². The van der Waals surface area contributed by atoms with Gasteiger partial charge in [-0.1, -0.05) is 0 Å². The van der Waals surface area contributed by atoms with Crippen molar-refractivity contribution in [3.63, 3.8) is 0 Å². The molecule has 3 rings (SSSR count). The highest BCUT2D eigenvalue weighted by Crippen LogP contribution is 2.24. The summed E-state index contributed by atoms with van der Waals surface area (Å²) in [5, 5.41) is 3.26. The van der Waals surface area contributed by atoms with E-state index < -0.39 is 10.2 Å². The average molecular weight is 288 g/mol. The topological polar surface area (TPSA) is 55.9 Å². The molecular formula is C12H24N4O2S. The molecule has 19 heavy (non-hydrogen) atoms. The average Bonchev–Trinajstić information content (AvgIpc) is 2.69. The highest BCUT2D eigenvalue weighted by Gasteiger charge is 2.38. The monoisotopic (exact) mass is 288 g/mol. The minimum atomic E-state index is -3.25. The summed E-state index contributed by atoms with van der Waals surface area (Å²) in [6.45, 7) is 6.33. The van der Waals surface area contributed by atoms with Crippen LogP contribution in [-0.4, -0.2) is 80.3 Å². The molecule has 0 radical (unpaired) electrons. The second-order valence-corrected chi connectivity index (χ2v) is 7.63. The Balaban J connectivity index is 1.69. The molecule has 0 aliphatic carbocycles. The van der Waals surface area contributed by atoms with E-state index in [1.54, 1.807) is 8.61 Å². The van der Waals surface area contributed by atoms with Crippen LogP contribution < -0.4 is 5.32 Å². The Morgan fingerprint density at radius 3 is 2.68 bits per heavy atom. The van der Waals surface area contributed by atoms with E-state index in [9.17, 15) is 8.42 Å². The van der Waals surface area contributed by atoms with Gasteiger partial charge in [0.05, 0.1) is 0 Å². The van der Waals surface area contributed by atoms with Gasteiger partial charge < -0.3 is 5.32 Å². The van der Waals surface area contributed by atoms with E-state index in [4.69, 9.17) is 0 Å². The van der Waals surface area contributed by atoms with Gasteiger partial charge in [0.2, 0.25) is 0 Å². The molecule has 0 aromatic rings. The lowest BCUT2D eigenvalue weighted by Gasteiger charge is -2.38. The number of rotatable bonds is 2. The number of piperazine rings is 1. The minimum Gasteiger partial charge on any atom is -0.315 e. The standard InChI is InChI=1S/C12H24N4O2S/c17-19(18,15-7-2-4-13-5-8-15)16-10-9-14-6-1-3-12(14)11-16/h12-13H,1-11H2. The van der Waals surface area contributed by atoms with E-state index in [0.29, 0.717) is 32.2 Å². The summed E-state index contributed by atoms with van der Waals surface area (Å²) in [6, 6.07) is 0.452. The molecule has 3 saturated heterocycles. The second-order valence-electron chi connectivity index (χ2n) is 5.70. The van der Waals surface area contributed by atoms with Crippen LogP contribution in [0.5, 0.6) is 0 Å². The Bertz CT molecular complexity index is 406. The Morgan fingerprint density at radius 2 is 1.79 bits per heavy atom. The molecule has 1 atom stereocenters. The summed E-state index contributed by atoms with van der Waals surface area (Å²) < 4.78 is 28.8. The van der Waals surface area contributed by atoms with Gasteiger partial charge in [-0.3, -0.25) is 4.90 Å². The predicted molar refractivity (Wildman–Crippen MR) is 74.1 cm³/mol. The number of nitrogens with zero attached hydrogens (tertiary/aromatic N) is 3. The van der Waals surface area contributed by atoms with Crippen molar-refractivity contribution in [1.29, 1.82) is 0 Å². The molecule has 0 aromatic heterocycles. The quantitative estimate of drug-likeness (QED) is 0.730. The molecule has 3 heterocycles. The van der Waals surface area contributed by atoms with E-state index in [2.05, 4.69) is 10.2 Å². The third kappa shape index (κ3) is 2.80. The minimum absolute atomic E-state index is 0.452. The van der Waals surface area contributed by atoms with Gasteiger partial charge in [0.15, 0.2) is 0 Å². The maximum Gasteiger partial charge on any atom is 0.282 e. The zero-order chi connectivity index (χ0) is 13.3. The van der Waals surface area contributed by atoms with Crippen LogP contribution >= 0.6 is 0 Å². The zero-order valence-electron chi connectivity index (χ0n) is 11.4. The molecule has 0 saturated carbocycles. The van der Waals surface area contributed by atoms with Gasteiger partial charge in [-0.05, 0) is 32.4 Å². The maximum atomic E-state index is 12.7. The summed E-state index contributed by atoms with van der Waals surface area (Å²) in [4.78, 5) is 2.44. The van der Waals surface area contributed by atoms with Crippen molar-refractivity contribution in [2.45, 2.75) is 25.3 Å². The molecule has 1 N–H and O–H groups in total. The molecule has 1 unspecified atom stereocenters. The normalized spacial score (nSPS) is 32.1. The summed E-state index contributed by atoms with van der Waals surface area (Å²) in [7, 11) is -3.25. The van der Waals surface area contributed by atoms with E-state index in [0.717, 1.165) is 39.0 Å². The summed E-state index contributed by atoms with van der Waals surface area (Å²) in [5.41, 5.74) is 0. The van der Waals surface area contributed by atoms with Crippen LogP contribution in [0.1, 0.15) is 19.3 Å². The van der Waals surface area contributed by atoms with Crippen LogP contribution in [0.4, 0.5) is 0 Å². The van der Waals surface area contributed by atoms with Crippen LogP contribution in [-0.2, 0) is 10.2 Å². The Hall–Kier alpha value is -0.210. The number of hydrogen-bond acceptors (Lipinski definition) is 4. The first-order valence-corrected chi connectivity index (χ1v) is 8.77. The Labute approximate surface area is 115 Å². The van der Waals surface area contributed by atoms with Gasteiger partial charge in [0.25, 0.3) is 10.2 Å². The molecular weight excluding hydrogens is 264 g/mol. The first kappa shape index (κ1) is 13.8. The molecule has 6 nitrogen and oxygen atoms in total. The van der Waals surface area contributed by atoms with E-state index in [1.165, 1.54) is 6.42 Å². The SMILES string of the molecule is O=S(=O)(N1CCCNCC1)N1CCN2CCCC2C1. The largest absolute Gasteiger partial charge is 0.315 e. The lowest BCUT2D eigenvalue weighted by atomic mass is 10.2. The lowest BCUT2D eigenvalue weighted by Crippen LogP contribution is -2.55. The van der Waals surface area contributed by atoms with Gasteiger partial charge in [0, 0.05) is 45.3 Å². The van der Waals surface area contributed by atoms with Gasteiger partial charge >= 0.3 is 0 Å². The Morgan fingerprint density at radius 1 is 0.895 bits per heavy atom. The van der Waals surface area contributed by atoms with Crippen LogP contribution in [0, 0.1) is 0 Å². The fraction of sp³-hybridized carbons (Fsp3) is 1.00. The van der Waals surface area contributed by atoms with Crippen molar-refractivity contribution in [2.75, 3.05) is 52.4 Å². The third-order valence-electron chi connectivity index (χ3n) is 4.50. The molecule has 110 valence electrons. The number of hydrogen-bond donors (Lipinski definition) is 1. The van der Waals surface area contributed by atoms with E-state index in [1.807, 2.05) is 0 Å². The lowest BCUT2D eigenvalue weighted by molar-refractivity contribution is 0.152. The van der Waals surface area contributed by atoms with Crippen molar-refractivity contribution in [3.8, 4) is 0 Å². The zero-order valence-corrected chi connectivity index (χ0v) is 12.2. The van der Waals surface area contributed by atoms with Crippen LogP contribution in [0.15, 0.2) is 0 Å². The summed E-state index contributed by atoms with van der Waals surface area (Å²) >= 11 is 0. The van der Waals surface area contributed by atoms with Gasteiger partial charge in [0.1, 0.15) is 0 Å². The smallest absolute Gasteiger partial charge is 0.282 e. The van der Waals surface area contributed by atoms with Crippen molar-refractivity contribution in [1.82, 2.24) is 18.8 Å². The van der Waals surface area contributed by atoms with Crippen LogP contribution in [0.3, 0.4) is 0 Å². The van der Waals surface area contributed by atoms with Crippen molar-refractivity contribution in [3.05, 3.63) is 0 Å². The molecule has 0 amide bonds. The summed E-state index contributed by atoms with van der Waals surface area (Å²) in [6.07, 6.45) is 3.27. The Kier molecular flexibility index (Phi) is 4.09. The fourth-order valence-electron chi connectivity index (χ4n) is 3.39. The molecule has 0 aromatic carbocycles. The first-order chi connectivity index (χ1) is 9.18. The van der Waals surface area contributed by atoms with E-state index in [-0.39, 0.29) is 0 Å². The summed E-state index contributed by atoms with van der Waals surface area (Å²) in [5.74, 6) is 0. The molecule has 3 aliphatic heterocycles. The molecule has 0 bridgehead atoms. The highest BCUT2D eigenvalue weighted by atomic mass is 32.2. The first-order valence-electron chi connectivity index (χ1n) is 7.38. The third-order valence-corrected chi connectivity index (χ3v) is 6.50. The van der Waals surface area contributed by atoms with Gasteiger partial charge in [-0.25, -0.2) is 0 Å². The van der Waals surface area contributed by atoms with Crippen molar-refractivity contribution < 1.29 is 8.42 Å². The maximum absolute atomic E-state index is 12.7. The van der Waals surface area contributed by atoms with Crippen LogP contribution in [0.2, 0.25) is 0 Å². The van der Waals surface area contributed by atoms with Crippen LogP contribution in [0.25, 0.3) is 0 Å². The molecule has 3 aliphatic rings. The fourth-order valence-corrected chi connectivity index (χ4v) is 5.07. The number of fused-ring (bicyclic) bond motifs is 1. The van der Waals surface area contributed by atoms with Crippen molar-refractivity contribution in [2.24, 2.45) is 0 Å². The molecule has 7 heteroatoms. The molecule has 3 fully saturated rings. The predicted octanol–water partition coefficient (Wildman–Crippen LogP) is -0.693. The highest BCUT2D eigenvalue weighted by molar-refractivity contribution is 7.86. The van der Waals surface area contributed by atoms with Gasteiger partial charge in [-0.2, -0.15) is 17.0 Å². The molecule has 0 spiro atoms. The second kappa shape index (κ2) is 5.65. The number of nitrogens with one attached hydrogen (secondary N) is 1. The van der Waals surface area contributed by atoms with Gasteiger partial charge in [-0.15, -0.1) is 0 Å². The van der Waals surface area contributed by atoms with E-state index >= 15 is 0 Å².